The molecule has 0 aromatic heterocycles. The molecule has 0 aliphatic carbocycles. The van der Waals surface area contributed by atoms with Crippen LogP contribution >= 0.6 is 0 Å². The van der Waals surface area contributed by atoms with Crippen LogP contribution in [0.5, 0.6) is 5.75 Å². The third kappa shape index (κ3) is 2.75. The molecule has 22 heavy (non-hydrogen) atoms. The number of phenolic OH excluding ortho intramolecular Hbond substituents is 1. The number of phenols is 1. The molecule has 0 saturated carbocycles. The van der Waals surface area contributed by atoms with Crippen LogP contribution in [0, 0.1) is 0 Å². The summed E-state index contributed by atoms with van der Waals surface area (Å²) in [6.07, 6.45) is 0.737. The number of fused-ring (bicyclic) bond motifs is 1. The van der Waals surface area contributed by atoms with Crippen molar-refractivity contribution in [3.63, 3.8) is 0 Å². The van der Waals surface area contributed by atoms with Gasteiger partial charge in [-0.05, 0) is 35.7 Å². The van der Waals surface area contributed by atoms with Gasteiger partial charge in [-0.1, -0.05) is 0 Å². The van der Waals surface area contributed by atoms with Gasteiger partial charge < -0.3 is 5.11 Å². The summed E-state index contributed by atoms with van der Waals surface area (Å²) in [5, 5.41) is 8.89. The maximum atomic E-state index is 12.8. The average molecular weight is 354 g/mol. The summed E-state index contributed by atoms with van der Waals surface area (Å²) < 4.78 is 84.7. The van der Waals surface area contributed by atoms with E-state index in [9.17, 15) is 35.1 Å². The van der Waals surface area contributed by atoms with Crippen LogP contribution < -0.4 is 0 Å². The maximum Gasteiger partial charge on any atom is 0.501 e. The Morgan fingerprint density at radius 2 is 1.59 bits per heavy atom. The number of alkyl halides is 3. The highest BCUT2D eigenvalue weighted by atomic mass is 32.2. The molecule has 120 valence electrons. The van der Waals surface area contributed by atoms with Gasteiger partial charge in [-0.15, -0.1) is 0 Å². The van der Waals surface area contributed by atoms with Crippen molar-refractivity contribution in [2.45, 2.75) is 15.3 Å². The smallest absolute Gasteiger partial charge is 0.501 e. The molecule has 0 saturated heterocycles. The minimum Gasteiger partial charge on any atom is -0.508 e. The predicted octanol–water partition coefficient (Wildman–Crippen LogP) is 2.24. The first-order valence-corrected chi connectivity index (χ1v) is 9.00. The van der Waals surface area contributed by atoms with Gasteiger partial charge in [0.15, 0.2) is 9.84 Å². The molecule has 10 heteroatoms. The van der Waals surface area contributed by atoms with Gasteiger partial charge in [0, 0.05) is 11.6 Å². The monoisotopic (exact) mass is 354 g/mol. The van der Waals surface area contributed by atoms with Crippen molar-refractivity contribution < 1.29 is 35.1 Å². The highest BCUT2D eigenvalue weighted by Gasteiger charge is 2.47. The third-order valence-electron chi connectivity index (χ3n) is 2.89. The minimum atomic E-state index is -5.74. The summed E-state index contributed by atoms with van der Waals surface area (Å²) in [5.74, 6) is -0.339. The van der Waals surface area contributed by atoms with Crippen molar-refractivity contribution in [1.82, 2.24) is 0 Å². The zero-order valence-corrected chi connectivity index (χ0v) is 12.6. The van der Waals surface area contributed by atoms with E-state index >= 15 is 0 Å². The molecule has 2 aromatic carbocycles. The van der Waals surface area contributed by atoms with Gasteiger partial charge in [0.1, 0.15) is 5.75 Å². The Balaban J connectivity index is 3.01. The summed E-state index contributed by atoms with van der Waals surface area (Å²) in [5.41, 5.74) is -5.58. The van der Waals surface area contributed by atoms with Crippen LogP contribution in [-0.2, 0) is 19.7 Å². The fraction of sp³-hybridized carbons (Fsp3) is 0.167. The number of rotatable bonds is 2. The molecule has 2 aromatic rings. The van der Waals surface area contributed by atoms with Crippen molar-refractivity contribution in [2.75, 3.05) is 6.26 Å². The normalized spacial score (nSPS) is 13.5. The summed E-state index contributed by atoms with van der Waals surface area (Å²) in [4.78, 5) is -1.76. The maximum absolute atomic E-state index is 12.8. The van der Waals surface area contributed by atoms with Crippen molar-refractivity contribution >= 4 is 30.4 Å². The molecule has 0 radical (unpaired) electrons. The first kappa shape index (κ1) is 16.6. The second kappa shape index (κ2) is 4.85. The molecule has 1 N–H and O–H groups in total. The zero-order chi connectivity index (χ0) is 16.9. The molecule has 0 unspecified atom stereocenters. The molecule has 0 spiro atoms. The Bertz CT molecular complexity index is 960. The number of benzene rings is 2. The quantitative estimate of drug-likeness (QED) is 0.893. The summed E-state index contributed by atoms with van der Waals surface area (Å²) in [6.45, 7) is 0. The van der Waals surface area contributed by atoms with E-state index in [0.717, 1.165) is 30.5 Å². The SMILES string of the molecule is CS(=O)(=O)c1cc(S(=O)(=O)C(F)(F)F)c2ccc(O)cc2c1. The van der Waals surface area contributed by atoms with Gasteiger partial charge >= 0.3 is 5.51 Å². The van der Waals surface area contributed by atoms with E-state index in [4.69, 9.17) is 0 Å². The van der Waals surface area contributed by atoms with Crippen LogP contribution in [0.1, 0.15) is 0 Å². The lowest BCUT2D eigenvalue weighted by molar-refractivity contribution is -0.0435. The second-order valence-electron chi connectivity index (χ2n) is 4.55. The Kier molecular flexibility index (Phi) is 3.65. The van der Waals surface area contributed by atoms with Crippen LogP contribution in [0.3, 0.4) is 0 Å². The molecule has 0 atom stereocenters. The Morgan fingerprint density at radius 1 is 1.00 bits per heavy atom. The lowest BCUT2D eigenvalue weighted by Gasteiger charge is -2.12. The molecule has 0 aliphatic rings. The third-order valence-corrected chi connectivity index (χ3v) is 5.51. The minimum absolute atomic E-state index is 0.134. The van der Waals surface area contributed by atoms with E-state index in [1.54, 1.807) is 0 Å². The van der Waals surface area contributed by atoms with Gasteiger partial charge in [0.05, 0.1) is 9.79 Å². The number of hydrogen-bond acceptors (Lipinski definition) is 5. The van der Waals surface area contributed by atoms with Gasteiger partial charge in [-0.25, -0.2) is 16.8 Å². The highest BCUT2D eigenvalue weighted by Crippen LogP contribution is 2.36. The number of halogens is 3. The van der Waals surface area contributed by atoms with E-state index in [1.165, 1.54) is 0 Å². The molecular formula is C12H9F3O5S2. The predicted molar refractivity (Wildman–Crippen MR) is 72.0 cm³/mol. The van der Waals surface area contributed by atoms with Crippen molar-refractivity contribution in [2.24, 2.45) is 0 Å². The fourth-order valence-corrected chi connectivity index (χ4v) is 3.61. The van der Waals surface area contributed by atoms with Crippen molar-refractivity contribution in [3.05, 3.63) is 30.3 Å². The first-order valence-electron chi connectivity index (χ1n) is 5.62. The van der Waals surface area contributed by atoms with E-state index in [2.05, 4.69) is 0 Å². The molecular weight excluding hydrogens is 345 g/mol. The summed E-state index contributed by atoms with van der Waals surface area (Å²) >= 11 is 0. The molecule has 0 bridgehead atoms. The van der Waals surface area contributed by atoms with E-state index < -0.39 is 35.0 Å². The van der Waals surface area contributed by atoms with Crippen molar-refractivity contribution in [1.29, 1.82) is 0 Å². The van der Waals surface area contributed by atoms with Crippen LogP contribution in [0.4, 0.5) is 13.2 Å². The van der Waals surface area contributed by atoms with E-state index in [1.807, 2.05) is 0 Å². The second-order valence-corrected chi connectivity index (χ2v) is 8.47. The zero-order valence-electron chi connectivity index (χ0n) is 10.9. The fourth-order valence-electron chi connectivity index (χ4n) is 1.86. The Hall–Kier alpha value is -1.81. The highest BCUT2D eigenvalue weighted by molar-refractivity contribution is 7.92. The average Bonchev–Trinajstić information content (AvgIpc) is 2.34. The molecule has 2 rings (SSSR count). The van der Waals surface area contributed by atoms with Crippen molar-refractivity contribution in [3.8, 4) is 5.75 Å². The standard InChI is InChI=1S/C12H9F3O5S2/c1-21(17,18)9-5-7-4-8(16)2-3-10(7)11(6-9)22(19,20)12(13,14)15/h2-6,16H,1H3. The van der Waals surface area contributed by atoms with Crippen LogP contribution in [0.15, 0.2) is 40.1 Å². The van der Waals surface area contributed by atoms with Gasteiger partial charge in [-0.2, -0.15) is 13.2 Å². The topological polar surface area (TPSA) is 88.5 Å². The van der Waals surface area contributed by atoms with E-state index in [-0.39, 0.29) is 16.5 Å². The number of aromatic hydroxyl groups is 1. The molecule has 5 nitrogen and oxygen atoms in total. The molecule has 0 aliphatic heterocycles. The molecule has 0 amide bonds. The van der Waals surface area contributed by atoms with E-state index in [0.29, 0.717) is 6.07 Å². The number of hydrogen-bond donors (Lipinski definition) is 1. The van der Waals surface area contributed by atoms with Crippen LogP contribution in [0.25, 0.3) is 10.8 Å². The van der Waals surface area contributed by atoms with Gasteiger partial charge in [-0.3, -0.25) is 0 Å². The Morgan fingerprint density at radius 3 is 2.09 bits per heavy atom. The van der Waals surface area contributed by atoms with Crippen LogP contribution in [0.2, 0.25) is 0 Å². The number of sulfone groups is 2. The lowest BCUT2D eigenvalue weighted by atomic mass is 10.1. The molecule has 0 heterocycles. The van der Waals surface area contributed by atoms with Crippen LogP contribution in [-0.4, -0.2) is 33.7 Å². The first-order chi connectivity index (χ1) is 9.84. The molecule has 0 fully saturated rings. The summed E-state index contributed by atoms with van der Waals surface area (Å²) in [6, 6.07) is 4.45. The van der Waals surface area contributed by atoms with Gasteiger partial charge in [0.25, 0.3) is 9.84 Å². The Labute approximate surface area is 123 Å². The van der Waals surface area contributed by atoms with Gasteiger partial charge in [0.2, 0.25) is 0 Å². The summed E-state index contributed by atoms with van der Waals surface area (Å²) in [7, 11) is -9.69. The largest absolute Gasteiger partial charge is 0.508 e. The lowest BCUT2D eigenvalue weighted by Crippen LogP contribution is -2.23.